The molecule has 0 bridgehead atoms. The zero-order valence-electron chi connectivity index (χ0n) is 18.0. The summed E-state index contributed by atoms with van der Waals surface area (Å²) in [4.78, 5) is 15.6. The number of epoxide rings is 1. The van der Waals surface area contributed by atoms with Gasteiger partial charge in [0.15, 0.2) is 0 Å². The molecule has 2 N–H and O–H groups in total. The maximum absolute atomic E-state index is 13.3. The van der Waals surface area contributed by atoms with Crippen LogP contribution in [0.1, 0.15) is 65.6 Å². The molecule has 31 heavy (non-hydrogen) atoms. The molecule has 2 unspecified atom stereocenters. The zero-order chi connectivity index (χ0) is 21.4. The third-order valence-electron chi connectivity index (χ3n) is 6.82. The third kappa shape index (κ3) is 3.91. The summed E-state index contributed by atoms with van der Waals surface area (Å²) in [5, 5.41) is 12.9. The Morgan fingerprint density at radius 2 is 2.13 bits per heavy atom. The molecule has 4 heterocycles. The van der Waals surface area contributed by atoms with E-state index in [0.29, 0.717) is 18.8 Å². The lowest BCUT2D eigenvalue weighted by atomic mass is 10.0. The molecule has 0 spiro atoms. The van der Waals surface area contributed by atoms with Gasteiger partial charge >= 0.3 is 0 Å². The van der Waals surface area contributed by atoms with E-state index in [1.807, 2.05) is 24.3 Å². The Balaban J connectivity index is 1.38. The van der Waals surface area contributed by atoms with Gasteiger partial charge in [-0.2, -0.15) is 0 Å². The van der Waals surface area contributed by atoms with Crippen molar-refractivity contribution in [2.45, 2.75) is 63.8 Å². The number of nitrogens with zero attached hydrogens (tertiary/aromatic N) is 2. The van der Waals surface area contributed by atoms with E-state index in [1.165, 1.54) is 0 Å². The average molecular weight is 426 g/mol. The minimum Gasteiger partial charge on any atom is -0.395 e. The summed E-state index contributed by atoms with van der Waals surface area (Å²) in [5.74, 6) is -0.0668. The summed E-state index contributed by atoms with van der Waals surface area (Å²) < 4.78 is 14.0. The van der Waals surface area contributed by atoms with E-state index in [2.05, 4.69) is 33.8 Å². The molecule has 3 aliphatic rings. The summed E-state index contributed by atoms with van der Waals surface area (Å²) in [6.07, 6.45) is 2.85. The van der Waals surface area contributed by atoms with Gasteiger partial charge in [-0.15, -0.1) is 0 Å². The van der Waals surface area contributed by atoms with Gasteiger partial charge in [-0.05, 0) is 30.9 Å². The molecule has 0 radical (unpaired) electrons. The van der Waals surface area contributed by atoms with Crippen molar-refractivity contribution in [2.75, 3.05) is 19.8 Å². The van der Waals surface area contributed by atoms with E-state index in [4.69, 9.17) is 9.47 Å². The molecular formula is C24H31N3O4. The van der Waals surface area contributed by atoms with Gasteiger partial charge in [0.25, 0.3) is 5.91 Å². The maximum Gasteiger partial charge on any atom is 0.253 e. The number of benzene rings is 1. The van der Waals surface area contributed by atoms with E-state index in [0.717, 1.165) is 49.3 Å². The highest BCUT2D eigenvalue weighted by Crippen LogP contribution is 2.45. The van der Waals surface area contributed by atoms with Crippen LogP contribution in [0.2, 0.25) is 0 Å². The molecule has 1 amide bonds. The summed E-state index contributed by atoms with van der Waals surface area (Å²) in [5.41, 5.74) is 3.76. The molecule has 3 aliphatic heterocycles. The molecule has 7 nitrogen and oxygen atoms in total. The van der Waals surface area contributed by atoms with Crippen LogP contribution in [0.5, 0.6) is 0 Å². The second-order valence-corrected chi connectivity index (χ2v) is 8.64. The van der Waals surface area contributed by atoms with Crippen LogP contribution in [0, 0.1) is 0 Å². The van der Waals surface area contributed by atoms with Crippen molar-refractivity contribution in [2.24, 2.45) is 0 Å². The number of carbonyl (C=O) groups is 1. The first-order valence-corrected chi connectivity index (χ1v) is 11.4. The quantitative estimate of drug-likeness (QED) is 0.667. The van der Waals surface area contributed by atoms with Gasteiger partial charge in [-0.3, -0.25) is 9.69 Å². The smallest absolute Gasteiger partial charge is 0.253 e. The van der Waals surface area contributed by atoms with Gasteiger partial charge in [0.2, 0.25) is 0 Å². The van der Waals surface area contributed by atoms with Crippen LogP contribution in [0.3, 0.4) is 0 Å². The lowest BCUT2D eigenvalue weighted by Crippen LogP contribution is -2.35. The SMILES string of the molecule is CC[C@@H](NC(=O)c1cc(C2OC2N2CCC[C@@H]2CO)n2c1COCC2)c1ccccc1. The van der Waals surface area contributed by atoms with Crippen molar-refractivity contribution in [3.8, 4) is 0 Å². The molecule has 7 heteroatoms. The van der Waals surface area contributed by atoms with Crippen molar-refractivity contribution in [1.29, 1.82) is 0 Å². The fraction of sp³-hybridized carbons (Fsp3) is 0.542. The molecule has 1 aromatic carbocycles. The second kappa shape index (κ2) is 8.74. The number of rotatable bonds is 7. The Bertz CT molecular complexity index is 928. The first-order valence-electron chi connectivity index (χ1n) is 11.4. The van der Waals surface area contributed by atoms with Crippen molar-refractivity contribution in [1.82, 2.24) is 14.8 Å². The summed E-state index contributed by atoms with van der Waals surface area (Å²) in [6, 6.07) is 12.2. The van der Waals surface area contributed by atoms with Crippen LogP contribution < -0.4 is 5.32 Å². The summed E-state index contributed by atoms with van der Waals surface area (Å²) in [6.45, 7) is 4.99. The minimum absolute atomic E-state index is 0.00915. The Kier molecular flexibility index (Phi) is 5.84. The van der Waals surface area contributed by atoms with Gasteiger partial charge < -0.3 is 24.5 Å². The number of aliphatic hydroxyl groups is 1. The van der Waals surface area contributed by atoms with E-state index in [9.17, 15) is 9.90 Å². The van der Waals surface area contributed by atoms with Gasteiger partial charge in [0.05, 0.1) is 42.8 Å². The number of ether oxygens (including phenoxy) is 2. The molecule has 2 saturated heterocycles. The molecular weight excluding hydrogens is 394 g/mol. The summed E-state index contributed by atoms with van der Waals surface area (Å²) in [7, 11) is 0. The number of amides is 1. The fourth-order valence-electron chi connectivity index (χ4n) is 5.09. The van der Waals surface area contributed by atoms with Crippen LogP contribution in [-0.4, -0.2) is 52.5 Å². The highest BCUT2D eigenvalue weighted by molar-refractivity contribution is 5.96. The molecule has 0 aliphatic carbocycles. The number of nitrogens with one attached hydrogen (secondary N) is 1. The zero-order valence-corrected chi connectivity index (χ0v) is 18.0. The monoisotopic (exact) mass is 425 g/mol. The Morgan fingerprint density at radius 1 is 1.29 bits per heavy atom. The summed E-state index contributed by atoms with van der Waals surface area (Å²) >= 11 is 0. The second-order valence-electron chi connectivity index (χ2n) is 8.64. The highest BCUT2D eigenvalue weighted by Gasteiger charge is 2.50. The molecule has 2 fully saturated rings. The van der Waals surface area contributed by atoms with Crippen LogP contribution in [0.4, 0.5) is 0 Å². The molecule has 0 saturated carbocycles. The molecule has 2 aromatic rings. The Labute approximate surface area is 182 Å². The van der Waals surface area contributed by atoms with E-state index < -0.39 is 0 Å². The van der Waals surface area contributed by atoms with E-state index >= 15 is 0 Å². The largest absolute Gasteiger partial charge is 0.395 e. The predicted octanol–water partition coefficient (Wildman–Crippen LogP) is 2.75. The number of likely N-dealkylation sites (tertiary alicyclic amines) is 1. The van der Waals surface area contributed by atoms with Gasteiger partial charge in [0.1, 0.15) is 12.3 Å². The van der Waals surface area contributed by atoms with Crippen LogP contribution >= 0.6 is 0 Å². The van der Waals surface area contributed by atoms with E-state index in [1.54, 1.807) is 0 Å². The topological polar surface area (TPSA) is 79.3 Å². The van der Waals surface area contributed by atoms with Gasteiger partial charge in [-0.1, -0.05) is 37.3 Å². The standard InChI is InChI=1S/C24H31N3O4/c1-2-19(16-7-4-3-5-8-16)25-23(29)18-13-20(27-11-12-30-15-21(18)27)22-24(31-22)26-10-6-9-17(26)14-28/h3-5,7-8,13,17,19,22,24,28H,2,6,9-12,14-15H2,1H3,(H,25,29)/t17-,19-,22?,24?/m1/s1. The Hall–Kier alpha value is -2.19. The normalized spacial score (nSPS) is 26.5. The fourth-order valence-corrected chi connectivity index (χ4v) is 5.09. The minimum atomic E-state index is -0.0668. The average Bonchev–Trinajstić information content (AvgIpc) is 3.28. The first kappa shape index (κ1) is 20.7. The van der Waals surface area contributed by atoms with Crippen LogP contribution in [0.25, 0.3) is 0 Å². The van der Waals surface area contributed by atoms with Crippen LogP contribution in [0.15, 0.2) is 36.4 Å². The Morgan fingerprint density at radius 3 is 2.90 bits per heavy atom. The number of aromatic nitrogens is 1. The predicted molar refractivity (Wildman–Crippen MR) is 115 cm³/mol. The van der Waals surface area contributed by atoms with Crippen molar-refractivity contribution < 1.29 is 19.4 Å². The van der Waals surface area contributed by atoms with Crippen molar-refractivity contribution in [3.63, 3.8) is 0 Å². The van der Waals surface area contributed by atoms with Crippen molar-refractivity contribution >= 4 is 5.91 Å². The molecule has 4 atom stereocenters. The number of hydrogen-bond donors (Lipinski definition) is 2. The molecule has 1 aromatic heterocycles. The first-order chi connectivity index (χ1) is 15.2. The number of carbonyl (C=O) groups excluding carboxylic acids is 1. The van der Waals surface area contributed by atoms with Gasteiger partial charge in [-0.25, -0.2) is 0 Å². The lowest BCUT2D eigenvalue weighted by Gasteiger charge is -2.22. The van der Waals surface area contributed by atoms with Crippen molar-refractivity contribution in [3.05, 3.63) is 58.9 Å². The molecule has 166 valence electrons. The number of aliphatic hydroxyl groups excluding tert-OH is 1. The van der Waals surface area contributed by atoms with Crippen LogP contribution in [-0.2, 0) is 22.6 Å². The third-order valence-corrected chi connectivity index (χ3v) is 6.82. The molecule has 5 rings (SSSR count). The highest BCUT2D eigenvalue weighted by atomic mass is 16.6. The maximum atomic E-state index is 13.3. The number of hydrogen-bond acceptors (Lipinski definition) is 5. The number of fused-ring (bicyclic) bond motifs is 1. The van der Waals surface area contributed by atoms with E-state index in [-0.39, 0.29) is 36.9 Å². The van der Waals surface area contributed by atoms with Gasteiger partial charge in [0, 0.05) is 19.1 Å². The lowest BCUT2D eigenvalue weighted by molar-refractivity contribution is 0.0797.